The molecule has 0 saturated carbocycles. The van der Waals surface area contributed by atoms with Gasteiger partial charge in [-0.2, -0.15) is 0 Å². The maximum Gasteiger partial charge on any atom is 0.309 e. The topological polar surface area (TPSA) is 37.3 Å². The molecular formula is C14H16O2S. The van der Waals surface area contributed by atoms with E-state index in [1.807, 2.05) is 12.1 Å². The van der Waals surface area contributed by atoms with Crippen LogP contribution in [0.1, 0.15) is 25.0 Å². The number of fused-ring (bicyclic) bond motifs is 1. The largest absolute Gasteiger partial charge is 0.481 e. The van der Waals surface area contributed by atoms with Crippen LogP contribution in [-0.2, 0) is 11.2 Å². The van der Waals surface area contributed by atoms with Gasteiger partial charge in [0.1, 0.15) is 0 Å². The van der Waals surface area contributed by atoms with Gasteiger partial charge in [-0.15, -0.1) is 11.3 Å². The summed E-state index contributed by atoms with van der Waals surface area (Å²) in [4.78, 5) is 11.2. The van der Waals surface area contributed by atoms with E-state index >= 15 is 0 Å². The lowest BCUT2D eigenvalue weighted by Crippen LogP contribution is -2.26. The van der Waals surface area contributed by atoms with E-state index in [0.29, 0.717) is 6.42 Å². The van der Waals surface area contributed by atoms with Crippen LogP contribution in [0.5, 0.6) is 0 Å². The van der Waals surface area contributed by atoms with Crippen molar-refractivity contribution in [3.05, 3.63) is 34.7 Å². The summed E-state index contributed by atoms with van der Waals surface area (Å²) in [5, 5.41) is 12.6. The Morgan fingerprint density at radius 3 is 2.76 bits per heavy atom. The van der Waals surface area contributed by atoms with Crippen LogP contribution in [0.3, 0.4) is 0 Å². The Kier molecular flexibility index (Phi) is 2.96. The first-order valence-electron chi connectivity index (χ1n) is 5.61. The molecule has 17 heavy (non-hydrogen) atoms. The number of aliphatic carboxylic acids is 1. The van der Waals surface area contributed by atoms with Gasteiger partial charge < -0.3 is 5.11 Å². The minimum absolute atomic E-state index is 0.569. The minimum Gasteiger partial charge on any atom is -0.481 e. The summed E-state index contributed by atoms with van der Waals surface area (Å²) in [6, 6.07) is 6.14. The highest BCUT2D eigenvalue weighted by Crippen LogP contribution is 2.32. The zero-order valence-electron chi connectivity index (χ0n) is 10.3. The van der Waals surface area contributed by atoms with Gasteiger partial charge in [0.2, 0.25) is 0 Å². The average Bonchev–Trinajstić information content (AvgIpc) is 2.61. The third kappa shape index (κ3) is 2.20. The molecule has 0 bridgehead atoms. The van der Waals surface area contributed by atoms with E-state index in [1.165, 1.54) is 15.6 Å². The lowest BCUT2D eigenvalue weighted by molar-refractivity contribution is -0.146. The van der Waals surface area contributed by atoms with Gasteiger partial charge in [-0.3, -0.25) is 4.79 Å². The number of carboxylic acids is 1. The van der Waals surface area contributed by atoms with E-state index in [1.54, 1.807) is 25.2 Å². The van der Waals surface area contributed by atoms with Gasteiger partial charge in [0.15, 0.2) is 0 Å². The van der Waals surface area contributed by atoms with Crippen LogP contribution in [0.2, 0.25) is 0 Å². The van der Waals surface area contributed by atoms with Crippen molar-refractivity contribution in [1.82, 2.24) is 0 Å². The standard InChI is InChI=1S/C14H16O2S/c1-9-8-17-12-10(5-4-6-11(9)12)7-14(2,3)13(15)16/h4-6,8H,7H2,1-3H3,(H,15,16). The highest BCUT2D eigenvalue weighted by molar-refractivity contribution is 7.17. The molecule has 90 valence electrons. The number of rotatable bonds is 3. The summed E-state index contributed by atoms with van der Waals surface area (Å²) >= 11 is 1.70. The Hall–Kier alpha value is -1.35. The van der Waals surface area contributed by atoms with Crippen LogP contribution < -0.4 is 0 Å². The molecule has 0 radical (unpaired) electrons. The number of benzene rings is 1. The molecule has 0 aliphatic carbocycles. The van der Waals surface area contributed by atoms with Crippen molar-refractivity contribution >= 4 is 27.4 Å². The molecular weight excluding hydrogens is 232 g/mol. The zero-order valence-corrected chi connectivity index (χ0v) is 11.1. The average molecular weight is 248 g/mol. The first kappa shape index (κ1) is 12.1. The van der Waals surface area contributed by atoms with E-state index in [-0.39, 0.29) is 0 Å². The third-order valence-corrected chi connectivity index (χ3v) is 4.28. The molecule has 2 aromatic rings. The fraction of sp³-hybridized carbons (Fsp3) is 0.357. The second-order valence-electron chi connectivity index (χ2n) is 5.08. The summed E-state index contributed by atoms with van der Waals surface area (Å²) in [5.74, 6) is -0.747. The van der Waals surface area contributed by atoms with Gasteiger partial charge in [-0.05, 0) is 49.1 Å². The van der Waals surface area contributed by atoms with Crippen LogP contribution in [0, 0.1) is 12.3 Å². The molecule has 1 N–H and O–H groups in total. The van der Waals surface area contributed by atoms with Crippen molar-refractivity contribution in [2.75, 3.05) is 0 Å². The minimum atomic E-state index is -0.747. The molecule has 0 aliphatic heterocycles. The Bertz CT molecular complexity index is 567. The summed E-state index contributed by atoms with van der Waals surface area (Å²) in [6.45, 7) is 5.63. The molecule has 2 rings (SSSR count). The Morgan fingerprint density at radius 2 is 2.12 bits per heavy atom. The van der Waals surface area contributed by atoms with Crippen LogP contribution in [-0.4, -0.2) is 11.1 Å². The molecule has 2 nitrogen and oxygen atoms in total. The van der Waals surface area contributed by atoms with Gasteiger partial charge in [-0.25, -0.2) is 0 Å². The number of hydrogen-bond donors (Lipinski definition) is 1. The molecule has 0 atom stereocenters. The lowest BCUT2D eigenvalue weighted by Gasteiger charge is -2.19. The number of aryl methyl sites for hydroxylation is 1. The van der Waals surface area contributed by atoms with E-state index in [0.717, 1.165) is 5.56 Å². The summed E-state index contributed by atoms with van der Waals surface area (Å²) in [5.41, 5.74) is 1.68. The van der Waals surface area contributed by atoms with Crippen molar-refractivity contribution < 1.29 is 9.90 Å². The second kappa shape index (κ2) is 4.15. The molecule has 0 fully saturated rings. The monoisotopic (exact) mass is 248 g/mol. The summed E-state index contributed by atoms with van der Waals surface area (Å²) in [7, 11) is 0. The van der Waals surface area contributed by atoms with Crippen molar-refractivity contribution in [3.63, 3.8) is 0 Å². The van der Waals surface area contributed by atoms with Gasteiger partial charge in [-0.1, -0.05) is 18.2 Å². The van der Waals surface area contributed by atoms with Crippen LogP contribution in [0.15, 0.2) is 23.6 Å². The highest BCUT2D eigenvalue weighted by atomic mass is 32.1. The van der Waals surface area contributed by atoms with Gasteiger partial charge >= 0.3 is 5.97 Å². The predicted molar refractivity (Wildman–Crippen MR) is 71.7 cm³/mol. The van der Waals surface area contributed by atoms with Crippen LogP contribution in [0.4, 0.5) is 0 Å². The highest BCUT2D eigenvalue weighted by Gasteiger charge is 2.28. The molecule has 1 aromatic carbocycles. The summed E-state index contributed by atoms with van der Waals surface area (Å²) in [6.07, 6.45) is 0.569. The van der Waals surface area contributed by atoms with Crippen LogP contribution in [0.25, 0.3) is 10.1 Å². The van der Waals surface area contributed by atoms with E-state index in [2.05, 4.69) is 18.4 Å². The van der Waals surface area contributed by atoms with Crippen molar-refractivity contribution in [2.24, 2.45) is 5.41 Å². The molecule has 0 amide bonds. The first-order valence-corrected chi connectivity index (χ1v) is 6.49. The van der Waals surface area contributed by atoms with E-state index in [9.17, 15) is 9.90 Å². The number of thiophene rings is 1. The second-order valence-corrected chi connectivity index (χ2v) is 5.96. The molecule has 0 spiro atoms. The smallest absolute Gasteiger partial charge is 0.309 e. The fourth-order valence-electron chi connectivity index (χ4n) is 1.94. The lowest BCUT2D eigenvalue weighted by atomic mass is 9.85. The Balaban J connectivity index is 2.46. The van der Waals surface area contributed by atoms with Gasteiger partial charge in [0.05, 0.1) is 5.41 Å². The molecule has 0 aliphatic rings. The maximum atomic E-state index is 11.2. The molecule has 1 heterocycles. The Labute approximate surface area is 105 Å². The molecule has 0 unspecified atom stereocenters. The van der Waals surface area contributed by atoms with E-state index in [4.69, 9.17) is 0 Å². The van der Waals surface area contributed by atoms with Crippen molar-refractivity contribution in [3.8, 4) is 0 Å². The SMILES string of the molecule is Cc1csc2c(CC(C)(C)C(=O)O)cccc12. The zero-order chi connectivity index (χ0) is 12.6. The molecule has 3 heteroatoms. The van der Waals surface area contributed by atoms with Gasteiger partial charge in [0, 0.05) is 4.70 Å². The molecule has 0 saturated heterocycles. The third-order valence-electron chi connectivity index (χ3n) is 3.09. The van der Waals surface area contributed by atoms with Crippen molar-refractivity contribution in [2.45, 2.75) is 27.2 Å². The van der Waals surface area contributed by atoms with Crippen molar-refractivity contribution in [1.29, 1.82) is 0 Å². The summed E-state index contributed by atoms with van der Waals surface area (Å²) < 4.78 is 1.22. The number of carbonyl (C=O) groups is 1. The predicted octanol–water partition coefficient (Wildman–Crippen LogP) is 3.86. The van der Waals surface area contributed by atoms with Crippen LogP contribution >= 0.6 is 11.3 Å². The molecule has 1 aromatic heterocycles. The number of carboxylic acid groups (broad SMARTS) is 1. The number of hydrogen-bond acceptors (Lipinski definition) is 2. The quantitative estimate of drug-likeness (QED) is 0.895. The van der Waals surface area contributed by atoms with E-state index < -0.39 is 11.4 Å². The Morgan fingerprint density at radius 1 is 1.41 bits per heavy atom. The normalized spacial score (nSPS) is 11.9. The maximum absolute atomic E-state index is 11.2. The first-order chi connectivity index (χ1) is 7.92. The van der Waals surface area contributed by atoms with Gasteiger partial charge in [0.25, 0.3) is 0 Å². The fourth-order valence-corrected chi connectivity index (χ4v) is 3.01.